The highest BCUT2D eigenvalue weighted by molar-refractivity contribution is 5.83. The Labute approximate surface area is 129 Å². The summed E-state index contributed by atoms with van der Waals surface area (Å²) in [7, 11) is 0. The van der Waals surface area contributed by atoms with E-state index in [1.165, 1.54) is 0 Å². The lowest BCUT2D eigenvalue weighted by atomic mass is 10.3. The Hall–Kier alpha value is -3.07. The molecule has 0 fully saturated rings. The van der Waals surface area contributed by atoms with E-state index in [2.05, 4.69) is 20.6 Å². The average molecular weight is 295 g/mol. The Kier molecular flexibility index (Phi) is 5.76. The van der Waals surface area contributed by atoms with Gasteiger partial charge in [-0.05, 0) is 24.3 Å². The standard InChI is InChI=1S/C16H17N5O/c1-2-15(22-14-8-4-3-5-9-14)21-16(19-12-17)20-13-7-6-10-18-11-13/h3-11,15H,2H2,1H3,(H2,19,20,21). The number of pyridine rings is 1. The molecule has 6 heteroatoms. The molecule has 0 saturated carbocycles. The van der Waals surface area contributed by atoms with Gasteiger partial charge in [-0.15, -0.1) is 0 Å². The molecule has 2 rings (SSSR count). The summed E-state index contributed by atoms with van der Waals surface area (Å²) in [6, 6.07) is 13.1. The molecule has 0 aliphatic rings. The van der Waals surface area contributed by atoms with Crippen molar-refractivity contribution in [3.63, 3.8) is 0 Å². The average Bonchev–Trinajstić information content (AvgIpc) is 2.56. The van der Waals surface area contributed by atoms with Crippen molar-refractivity contribution < 1.29 is 4.74 Å². The molecule has 1 heterocycles. The maximum atomic E-state index is 8.85. The van der Waals surface area contributed by atoms with E-state index < -0.39 is 0 Å². The lowest BCUT2D eigenvalue weighted by Gasteiger charge is -2.20. The van der Waals surface area contributed by atoms with Crippen LogP contribution in [0.25, 0.3) is 0 Å². The summed E-state index contributed by atoms with van der Waals surface area (Å²) < 4.78 is 5.82. The van der Waals surface area contributed by atoms with Gasteiger partial charge in [0.25, 0.3) is 0 Å². The third-order valence-corrected chi connectivity index (χ3v) is 2.75. The smallest absolute Gasteiger partial charge is 0.212 e. The SMILES string of the molecule is CCC(NC(=Nc1cccnc1)NC#N)Oc1ccccc1. The predicted molar refractivity (Wildman–Crippen MR) is 84.4 cm³/mol. The Morgan fingerprint density at radius 3 is 2.77 bits per heavy atom. The number of nitrogens with one attached hydrogen (secondary N) is 2. The van der Waals surface area contributed by atoms with Gasteiger partial charge in [0.15, 0.2) is 12.4 Å². The number of hydrogen-bond acceptors (Lipinski definition) is 4. The van der Waals surface area contributed by atoms with Crippen molar-refractivity contribution in [1.29, 1.82) is 5.26 Å². The molecule has 0 saturated heterocycles. The van der Waals surface area contributed by atoms with Crippen LogP contribution < -0.4 is 15.4 Å². The zero-order valence-corrected chi connectivity index (χ0v) is 12.2. The van der Waals surface area contributed by atoms with Crippen molar-refractivity contribution >= 4 is 11.6 Å². The topological polar surface area (TPSA) is 82.3 Å². The molecule has 2 N–H and O–H groups in total. The minimum absolute atomic E-state index is 0.307. The van der Waals surface area contributed by atoms with Gasteiger partial charge in [0, 0.05) is 12.6 Å². The first-order valence-electron chi connectivity index (χ1n) is 6.94. The van der Waals surface area contributed by atoms with Crippen LogP contribution in [0.5, 0.6) is 5.75 Å². The van der Waals surface area contributed by atoms with Crippen molar-refractivity contribution in [3.05, 3.63) is 54.9 Å². The number of aliphatic imine (C=N–C) groups is 1. The summed E-state index contributed by atoms with van der Waals surface area (Å²) in [4.78, 5) is 8.30. The van der Waals surface area contributed by atoms with Gasteiger partial charge in [0.1, 0.15) is 5.75 Å². The molecule has 2 aromatic rings. The Balaban J connectivity index is 2.08. The number of nitriles is 1. The minimum atomic E-state index is -0.307. The highest BCUT2D eigenvalue weighted by Gasteiger charge is 2.10. The van der Waals surface area contributed by atoms with Crippen molar-refractivity contribution in [1.82, 2.24) is 15.6 Å². The molecule has 1 aromatic carbocycles. The fourth-order valence-corrected chi connectivity index (χ4v) is 1.73. The number of ether oxygens (including phenoxy) is 1. The number of benzene rings is 1. The Bertz CT molecular complexity index is 637. The molecule has 0 radical (unpaired) electrons. The molecule has 0 aliphatic heterocycles. The lowest BCUT2D eigenvalue weighted by Crippen LogP contribution is -2.44. The summed E-state index contributed by atoms with van der Waals surface area (Å²) in [6.45, 7) is 1.98. The van der Waals surface area contributed by atoms with Crippen LogP contribution >= 0.6 is 0 Å². The van der Waals surface area contributed by atoms with Crippen molar-refractivity contribution in [2.45, 2.75) is 19.6 Å². The monoisotopic (exact) mass is 295 g/mol. The number of rotatable bonds is 5. The van der Waals surface area contributed by atoms with Gasteiger partial charge < -0.3 is 10.1 Å². The van der Waals surface area contributed by atoms with Gasteiger partial charge in [-0.25, -0.2) is 4.99 Å². The first-order valence-corrected chi connectivity index (χ1v) is 6.94. The first-order chi connectivity index (χ1) is 10.8. The van der Waals surface area contributed by atoms with E-state index in [0.29, 0.717) is 18.1 Å². The highest BCUT2D eigenvalue weighted by atomic mass is 16.5. The summed E-state index contributed by atoms with van der Waals surface area (Å²) >= 11 is 0. The predicted octanol–water partition coefficient (Wildman–Crippen LogP) is 2.54. The molecule has 1 aromatic heterocycles. The third-order valence-electron chi connectivity index (χ3n) is 2.75. The van der Waals surface area contributed by atoms with Crippen LogP contribution in [0, 0.1) is 11.5 Å². The first kappa shape index (κ1) is 15.3. The van der Waals surface area contributed by atoms with Crippen LogP contribution in [-0.2, 0) is 0 Å². The van der Waals surface area contributed by atoms with Crippen LogP contribution in [-0.4, -0.2) is 17.2 Å². The molecule has 0 amide bonds. The summed E-state index contributed by atoms with van der Waals surface area (Å²) in [5, 5.41) is 14.4. The van der Waals surface area contributed by atoms with Gasteiger partial charge in [0.2, 0.25) is 5.96 Å². The maximum absolute atomic E-state index is 8.85. The van der Waals surface area contributed by atoms with Crippen LogP contribution in [0.1, 0.15) is 13.3 Å². The summed E-state index contributed by atoms with van der Waals surface area (Å²) in [6.07, 6.45) is 5.53. The van der Waals surface area contributed by atoms with Crippen LogP contribution in [0.2, 0.25) is 0 Å². The zero-order chi connectivity index (χ0) is 15.6. The number of aromatic nitrogens is 1. The zero-order valence-electron chi connectivity index (χ0n) is 12.2. The van der Waals surface area contributed by atoms with Gasteiger partial charge in [-0.3, -0.25) is 10.3 Å². The van der Waals surface area contributed by atoms with E-state index in [0.717, 1.165) is 5.75 Å². The molecule has 6 nitrogen and oxygen atoms in total. The number of para-hydroxylation sites is 1. The van der Waals surface area contributed by atoms with Gasteiger partial charge >= 0.3 is 0 Å². The van der Waals surface area contributed by atoms with Gasteiger partial charge in [-0.2, -0.15) is 5.26 Å². The maximum Gasteiger partial charge on any atom is 0.212 e. The van der Waals surface area contributed by atoms with Crippen molar-refractivity contribution in [2.24, 2.45) is 4.99 Å². The Morgan fingerprint density at radius 2 is 2.14 bits per heavy atom. The van der Waals surface area contributed by atoms with E-state index >= 15 is 0 Å². The van der Waals surface area contributed by atoms with Gasteiger partial charge in [0.05, 0.1) is 11.9 Å². The molecule has 0 aliphatic carbocycles. The molecular formula is C16H17N5O. The lowest BCUT2D eigenvalue weighted by molar-refractivity contribution is 0.181. The van der Waals surface area contributed by atoms with Crippen molar-refractivity contribution in [2.75, 3.05) is 0 Å². The van der Waals surface area contributed by atoms with Crippen LogP contribution in [0.4, 0.5) is 5.69 Å². The number of hydrogen-bond donors (Lipinski definition) is 2. The quantitative estimate of drug-likeness (QED) is 0.291. The van der Waals surface area contributed by atoms with Crippen LogP contribution in [0.3, 0.4) is 0 Å². The normalized spacial score (nSPS) is 12.1. The van der Waals surface area contributed by atoms with E-state index in [-0.39, 0.29) is 6.23 Å². The molecule has 0 spiro atoms. The number of guanidine groups is 1. The van der Waals surface area contributed by atoms with Crippen LogP contribution in [0.15, 0.2) is 59.9 Å². The second-order valence-corrected chi connectivity index (χ2v) is 4.38. The fourth-order valence-electron chi connectivity index (χ4n) is 1.73. The van der Waals surface area contributed by atoms with E-state index in [4.69, 9.17) is 10.00 Å². The second-order valence-electron chi connectivity index (χ2n) is 4.38. The molecular weight excluding hydrogens is 278 g/mol. The fraction of sp³-hybridized carbons (Fsp3) is 0.188. The summed E-state index contributed by atoms with van der Waals surface area (Å²) in [5.74, 6) is 1.07. The molecule has 1 atom stereocenters. The minimum Gasteiger partial charge on any atom is -0.471 e. The largest absolute Gasteiger partial charge is 0.471 e. The van der Waals surface area contributed by atoms with Gasteiger partial charge in [-0.1, -0.05) is 25.1 Å². The van der Waals surface area contributed by atoms with E-state index in [1.54, 1.807) is 24.5 Å². The molecule has 112 valence electrons. The molecule has 0 bridgehead atoms. The van der Waals surface area contributed by atoms with E-state index in [1.807, 2.05) is 43.4 Å². The van der Waals surface area contributed by atoms with E-state index in [9.17, 15) is 0 Å². The third kappa shape index (κ3) is 4.80. The highest BCUT2D eigenvalue weighted by Crippen LogP contribution is 2.12. The Morgan fingerprint density at radius 1 is 1.32 bits per heavy atom. The van der Waals surface area contributed by atoms with Crippen molar-refractivity contribution in [3.8, 4) is 11.9 Å². The number of nitrogens with zero attached hydrogens (tertiary/aromatic N) is 3. The molecule has 1 unspecified atom stereocenters. The second kappa shape index (κ2) is 8.27. The molecule has 22 heavy (non-hydrogen) atoms. The summed E-state index contributed by atoms with van der Waals surface area (Å²) in [5.41, 5.74) is 0.641.